The highest BCUT2D eigenvalue weighted by molar-refractivity contribution is 6.31. The van der Waals surface area contributed by atoms with Crippen LogP contribution >= 0.6 is 11.6 Å². The van der Waals surface area contributed by atoms with Crippen LogP contribution in [-0.4, -0.2) is 5.11 Å². The minimum absolute atomic E-state index is 0.291. The van der Waals surface area contributed by atoms with Gasteiger partial charge in [-0.15, -0.1) is 0 Å². The Hall–Kier alpha value is -0.600. The lowest BCUT2D eigenvalue weighted by Gasteiger charge is -2.55. The molecule has 4 aliphatic carbocycles. The molecule has 1 N–H and O–H groups in total. The van der Waals surface area contributed by atoms with Crippen LogP contribution in [-0.2, 0) is 0 Å². The second kappa shape index (κ2) is 4.96. The van der Waals surface area contributed by atoms with Gasteiger partial charge in [-0.3, -0.25) is 0 Å². The molecule has 3 heteroatoms. The van der Waals surface area contributed by atoms with Crippen LogP contribution in [0.3, 0.4) is 0 Å². The van der Waals surface area contributed by atoms with Crippen molar-refractivity contribution in [2.24, 2.45) is 29.6 Å². The van der Waals surface area contributed by atoms with Crippen molar-refractivity contribution in [1.29, 1.82) is 0 Å². The molecule has 21 heavy (non-hydrogen) atoms. The van der Waals surface area contributed by atoms with Gasteiger partial charge in [0.15, 0.2) is 0 Å². The molecular formula is C18H22ClFO. The zero-order chi connectivity index (χ0) is 14.7. The first-order chi connectivity index (χ1) is 10.0. The molecule has 0 amide bonds. The number of aryl methyl sites for hydroxylation is 1. The lowest BCUT2D eigenvalue weighted by molar-refractivity contribution is -0.0907. The van der Waals surface area contributed by atoms with E-state index in [1.165, 1.54) is 38.2 Å². The summed E-state index contributed by atoms with van der Waals surface area (Å²) in [6, 6.07) is 3.10. The summed E-state index contributed by atoms with van der Waals surface area (Å²) in [6.07, 6.45) is 5.96. The van der Waals surface area contributed by atoms with Gasteiger partial charge in [0.05, 0.1) is 6.10 Å². The van der Waals surface area contributed by atoms with Gasteiger partial charge < -0.3 is 5.11 Å². The van der Waals surface area contributed by atoms with Crippen molar-refractivity contribution in [2.45, 2.75) is 45.1 Å². The molecule has 0 spiro atoms. The third-order valence-corrected chi connectivity index (χ3v) is 6.59. The summed E-state index contributed by atoms with van der Waals surface area (Å²) in [5, 5.41) is 11.3. The molecule has 5 rings (SSSR count). The highest BCUT2D eigenvalue weighted by Gasteiger charge is 2.50. The molecule has 114 valence electrons. The van der Waals surface area contributed by atoms with Crippen molar-refractivity contribution < 1.29 is 9.50 Å². The summed E-state index contributed by atoms with van der Waals surface area (Å²) in [7, 11) is 0. The number of hydrogen-bond acceptors (Lipinski definition) is 1. The summed E-state index contributed by atoms with van der Waals surface area (Å²) < 4.78 is 13.6. The molecule has 0 radical (unpaired) electrons. The van der Waals surface area contributed by atoms with Crippen molar-refractivity contribution in [3.05, 3.63) is 34.1 Å². The fourth-order valence-electron chi connectivity index (χ4n) is 5.60. The molecule has 4 saturated carbocycles. The highest BCUT2D eigenvalue weighted by Crippen LogP contribution is 2.59. The van der Waals surface area contributed by atoms with Gasteiger partial charge in [-0.2, -0.15) is 0 Å². The molecule has 1 unspecified atom stereocenters. The van der Waals surface area contributed by atoms with Gasteiger partial charge in [0.25, 0.3) is 0 Å². The lowest BCUT2D eigenvalue weighted by Crippen LogP contribution is -2.47. The molecule has 0 aromatic heterocycles. The van der Waals surface area contributed by atoms with Crippen LogP contribution in [0.1, 0.15) is 49.3 Å². The van der Waals surface area contributed by atoms with E-state index in [2.05, 4.69) is 0 Å². The van der Waals surface area contributed by atoms with Crippen LogP contribution in [0.25, 0.3) is 0 Å². The Morgan fingerprint density at radius 1 is 1.10 bits per heavy atom. The topological polar surface area (TPSA) is 20.2 Å². The van der Waals surface area contributed by atoms with Crippen LogP contribution in [0.15, 0.2) is 12.1 Å². The Kier molecular flexibility index (Phi) is 3.31. The fourth-order valence-corrected chi connectivity index (χ4v) is 5.86. The smallest absolute Gasteiger partial charge is 0.127 e. The van der Waals surface area contributed by atoms with Gasteiger partial charge in [-0.25, -0.2) is 4.39 Å². The Balaban J connectivity index is 1.66. The maximum absolute atomic E-state index is 13.6. The molecule has 0 aliphatic heterocycles. The summed E-state index contributed by atoms with van der Waals surface area (Å²) in [4.78, 5) is 0. The zero-order valence-electron chi connectivity index (χ0n) is 12.4. The number of benzene rings is 1. The predicted molar refractivity (Wildman–Crippen MR) is 81.6 cm³/mol. The molecule has 0 heterocycles. The van der Waals surface area contributed by atoms with Crippen LogP contribution in [0.5, 0.6) is 0 Å². The van der Waals surface area contributed by atoms with Crippen LogP contribution in [0, 0.1) is 42.3 Å². The van der Waals surface area contributed by atoms with E-state index in [1.54, 1.807) is 13.0 Å². The molecular weight excluding hydrogens is 287 g/mol. The molecule has 4 bridgehead atoms. The number of halogens is 2. The molecule has 1 atom stereocenters. The van der Waals surface area contributed by atoms with Gasteiger partial charge in [0.2, 0.25) is 0 Å². The first kappa shape index (κ1) is 14.0. The maximum atomic E-state index is 13.6. The van der Waals surface area contributed by atoms with Gasteiger partial charge in [0.1, 0.15) is 5.82 Å². The fraction of sp³-hybridized carbons (Fsp3) is 0.667. The zero-order valence-corrected chi connectivity index (χ0v) is 13.1. The van der Waals surface area contributed by atoms with E-state index < -0.39 is 6.10 Å². The first-order valence-electron chi connectivity index (χ1n) is 8.16. The number of aliphatic hydroxyl groups excluding tert-OH is 1. The Morgan fingerprint density at radius 2 is 1.67 bits per heavy atom. The van der Waals surface area contributed by atoms with Crippen molar-refractivity contribution in [3.8, 4) is 0 Å². The van der Waals surface area contributed by atoms with Crippen molar-refractivity contribution >= 4 is 11.6 Å². The summed E-state index contributed by atoms with van der Waals surface area (Å²) in [6.45, 7) is 1.73. The Bertz CT molecular complexity index is 543. The van der Waals surface area contributed by atoms with Crippen LogP contribution in [0.4, 0.5) is 4.39 Å². The second-order valence-corrected chi connectivity index (χ2v) is 7.98. The molecule has 0 saturated heterocycles. The number of rotatable bonds is 2. The van der Waals surface area contributed by atoms with Gasteiger partial charge in [0, 0.05) is 5.02 Å². The minimum Gasteiger partial charge on any atom is -0.388 e. The largest absolute Gasteiger partial charge is 0.388 e. The van der Waals surface area contributed by atoms with E-state index in [4.69, 9.17) is 11.6 Å². The molecule has 4 fully saturated rings. The van der Waals surface area contributed by atoms with Crippen LogP contribution < -0.4 is 0 Å². The predicted octanol–water partition coefficient (Wildman–Crippen LogP) is 4.89. The summed E-state index contributed by atoms with van der Waals surface area (Å²) in [5.41, 5.74) is 1.30. The second-order valence-electron chi connectivity index (χ2n) is 7.58. The van der Waals surface area contributed by atoms with Crippen molar-refractivity contribution in [3.63, 3.8) is 0 Å². The van der Waals surface area contributed by atoms with Crippen molar-refractivity contribution in [2.75, 3.05) is 0 Å². The molecule has 4 aliphatic rings. The first-order valence-corrected chi connectivity index (χ1v) is 8.54. The van der Waals surface area contributed by atoms with E-state index in [-0.39, 0.29) is 5.82 Å². The van der Waals surface area contributed by atoms with E-state index in [1.807, 2.05) is 0 Å². The summed E-state index contributed by atoms with van der Waals surface area (Å²) in [5.74, 6) is 3.08. The number of hydrogen-bond donors (Lipinski definition) is 1. The average Bonchev–Trinajstić information content (AvgIpc) is 2.41. The Labute approximate surface area is 130 Å². The van der Waals surface area contributed by atoms with Gasteiger partial charge in [-0.05, 0) is 91.9 Å². The normalized spacial score (nSPS) is 38.8. The van der Waals surface area contributed by atoms with E-state index in [9.17, 15) is 9.50 Å². The van der Waals surface area contributed by atoms with E-state index in [0.717, 1.165) is 17.4 Å². The SMILES string of the molecule is Cc1cc(C(O)C2C3CC4CC(C3)CC2C4)c(Cl)cc1F. The van der Waals surface area contributed by atoms with E-state index >= 15 is 0 Å². The van der Waals surface area contributed by atoms with Crippen molar-refractivity contribution in [1.82, 2.24) is 0 Å². The lowest BCUT2D eigenvalue weighted by atomic mass is 9.50. The van der Waals surface area contributed by atoms with E-state index in [0.29, 0.717) is 28.3 Å². The van der Waals surface area contributed by atoms with Crippen LogP contribution in [0.2, 0.25) is 5.02 Å². The molecule has 1 aromatic carbocycles. The number of aliphatic hydroxyl groups is 1. The van der Waals surface area contributed by atoms with Gasteiger partial charge in [-0.1, -0.05) is 11.6 Å². The highest BCUT2D eigenvalue weighted by atomic mass is 35.5. The average molecular weight is 309 g/mol. The Morgan fingerprint density at radius 3 is 2.24 bits per heavy atom. The molecule has 1 aromatic rings. The monoisotopic (exact) mass is 308 g/mol. The summed E-state index contributed by atoms with van der Waals surface area (Å²) >= 11 is 6.21. The standard InChI is InChI=1S/C18H22ClFO/c1-9-2-14(15(19)8-16(9)20)18(21)17-12-4-10-3-11(6-12)7-13(17)5-10/h2,8,10-13,17-18,21H,3-7H2,1H3. The quantitative estimate of drug-likeness (QED) is 0.824. The maximum Gasteiger partial charge on any atom is 0.127 e. The third-order valence-electron chi connectivity index (χ3n) is 6.26. The third kappa shape index (κ3) is 2.22. The minimum atomic E-state index is -0.535. The molecule has 1 nitrogen and oxygen atoms in total. The van der Waals surface area contributed by atoms with Gasteiger partial charge >= 0.3 is 0 Å².